The van der Waals surface area contributed by atoms with Crippen LogP contribution in [-0.2, 0) is 15.4 Å². The summed E-state index contributed by atoms with van der Waals surface area (Å²) in [5.41, 5.74) is 5.61. The van der Waals surface area contributed by atoms with E-state index in [0.29, 0.717) is 22.7 Å². The van der Waals surface area contributed by atoms with E-state index in [9.17, 15) is 12.8 Å². The molecule has 1 aromatic carbocycles. The molecule has 2 atom stereocenters. The van der Waals surface area contributed by atoms with Gasteiger partial charge in [-0.05, 0) is 39.0 Å². The van der Waals surface area contributed by atoms with E-state index < -0.39 is 32.0 Å². The lowest BCUT2D eigenvalue weighted by atomic mass is 9.85. The van der Waals surface area contributed by atoms with Crippen LogP contribution >= 0.6 is 0 Å². The van der Waals surface area contributed by atoms with Crippen LogP contribution < -0.4 is 10.5 Å². The van der Waals surface area contributed by atoms with E-state index in [1.165, 1.54) is 0 Å². The van der Waals surface area contributed by atoms with Gasteiger partial charge in [0.15, 0.2) is 9.84 Å². The lowest BCUT2D eigenvalue weighted by molar-refractivity contribution is 0.280. The number of alkyl halides is 1. The average molecular weight is 340 g/mol. The number of fused-ring (bicyclic) bond motifs is 3. The van der Waals surface area contributed by atoms with Crippen molar-refractivity contribution < 1.29 is 17.5 Å². The summed E-state index contributed by atoms with van der Waals surface area (Å²) in [4.78, 5) is 4.57. The second-order valence-electron chi connectivity index (χ2n) is 6.69. The molecule has 0 aromatic heterocycles. The number of hydrogen-bond acceptors (Lipinski definition) is 5. The summed E-state index contributed by atoms with van der Waals surface area (Å²) >= 11 is 0. The molecule has 0 saturated heterocycles. The van der Waals surface area contributed by atoms with E-state index in [4.69, 9.17) is 10.5 Å². The Bertz CT molecular complexity index is 789. The molecule has 23 heavy (non-hydrogen) atoms. The third-order valence-corrected chi connectivity index (χ3v) is 8.26. The van der Waals surface area contributed by atoms with Crippen LogP contribution in [0.1, 0.15) is 32.8 Å². The molecule has 1 aromatic rings. The predicted octanol–water partition coefficient (Wildman–Crippen LogP) is 2.25. The zero-order valence-electron chi connectivity index (χ0n) is 13.5. The van der Waals surface area contributed by atoms with Crippen molar-refractivity contribution in [1.82, 2.24) is 0 Å². The summed E-state index contributed by atoms with van der Waals surface area (Å²) in [6.45, 7) is 4.17. The lowest BCUT2D eigenvalue weighted by Gasteiger charge is -2.44. The highest BCUT2D eigenvalue weighted by Gasteiger charge is 2.59. The van der Waals surface area contributed by atoms with E-state index in [-0.39, 0.29) is 13.0 Å². The topological polar surface area (TPSA) is 81.8 Å². The van der Waals surface area contributed by atoms with Crippen molar-refractivity contribution in [1.29, 1.82) is 0 Å². The molecule has 3 rings (SSSR count). The van der Waals surface area contributed by atoms with Gasteiger partial charge < -0.3 is 10.5 Å². The summed E-state index contributed by atoms with van der Waals surface area (Å²) in [6.07, 6.45) is 0.195. The van der Waals surface area contributed by atoms with Crippen molar-refractivity contribution in [2.75, 3.05) is 19.0 Å². The highest BCUT2D eigenvalue weighted by atomic mass is 32.2. The standard InChI is InChI=1S/C16H21FN2O3S/c1-10-15(2,3)23(20,21)14-6-7-22-13-5-4-11(18)8-12(13)16(14,9-17)19-10/h4-5,8,14H,6-7,9,18H2,1-3H3/t14-,16+/m0/s1. The van der Waals surface area contributed by atoms with Crippen molar-refractivity contribution in [3.05, 3.63) is 23.8 Å². The zero-order chi connectivity index (χ0) is 17.0. The third kappa shape index (κ3) is 2.02. The van der Waals surface area contributed by atoms with Gasteiger partial charge in [-0.3, -0.25) is 4.99 Å². The van der Waals surface area contributed by atoms with Crippen LogP contribution in [0.25, 0.3) is 0 Å². The number of halogens is 1. The van der Waals surface area contributed by atoms with Gasteiger partial charge in [0, 0.05) is 23.4 Å². The number of hydrogen-bond donors (Lipinski definition) is 1. The molecule has 2 N–H and O–H groups in total. The summed E-state index contributed by atoms with van der Waals surface area (Å²) in [5.74, 6) is 0.450. The number of nitrogens with zero attached hydrogens (tertiary/aromatic N) is 1. The Balaban J connectivity index is 2.39. The number of ether oxygens (including phenoxy) is 1. The monoisotopic (exact) mass is 340 g/mol. The molecule has 0 saturated carbocycles. The Hall–Kier alpha value is -1.63. The van der Waals surface area contributed by atoms with Crippen LogP contribution in [0, 0.1) is 0 Å². The second-order valence-corrected chi connectivity index (χ2v) is 9.37. The Morgan fingerprint density at radius 3 is 2.78 bits per heavy atom. The Morgan fingerprint density at radius 1 is 1.43 bits per heavy atom. The van der Waals surface area contributed by atoms with Gasteiger partial charge >= 0.3 is 0 Å². The van der Waals surface area contributed by atoms with Crippen LogP contribution in [0.4, 0.5) is 10.1 Å². The van der Waals surface area contributed by atoms with Crippen molar-refractivity contribution in [3.63, 3.8) is 0 Å². The molecule has 5 nitrogen and oxygen atoms in total. The fourth-order valence-electron chi connectivity index (χ4n) is 3.43. The molecule has 0 spiro atoms. The molecule has 7 heteroatoms. The van der Waals surface area contributed by atoms with Gasteiger partial charge in [-0.2, -0.15) is 0 Å². The average Bonchev–Trinajstić information content (AvgIpc) is 2.64. The van der Waals surface area contributed by atoms with E-state index >= 15 is 0 Å². The summed E-state index contributed by atoms with van der Waals surface area (Å²) in [6, 6.07) is 4.89. The van der Waals surface area contributed by atoms with Gasteiger partial charge in [0.1, 0.15) is 22.7 Å². The second kappa shape index (κ2) is 4.93. The molecule has 2 aliphatic heterocycles. The molecule has 2 aliphatic rings. The number of benzene rings is 1. The van der Waals surface area contributed by atoms with E-state index in [0.717, 1.165) is 0 Å². The minimum Gasteiger partial charge on any atom is -0.493 e. The highest BCUT2D eigenvalue weighted by Crippen LogP contribution is 2.49. The first-order chi connectivity index (χ1) is 10.7. The zero-order valence-corrected chi connectivity index (χ0v) is 14.3. The highest BCUT2D eigenvalue weighted by molar-refractivity contribution is 7.94. The molecule has 0 bridgehead atoms. The predicted molar refractivity (Wildman–Crippen MR) is 88.5 cm³/mol. The van der Waals surface area contributed by atoms with Crippen molar-refractivity contribution in [2.24, 2.45) is 4.99 Å². The lowest BCUT2D eigenvalue weighted by Crippen LogP contribution is -2.58. The largest absolute Gasteiger partial charge is 0.493 e. The Morgan fingerprint density at radius 2 is 2.13 bits per heavy atom. The number of rotatable bonds is 1. The van der Waals surface area contributed by atoms with Crippen LogP contribution in [0.3, 0.4) is 0 Å². The molecule has 126 valence electrons. The first kappa shape index (κ1) is 16.2. The van der Waals surface area contributed by atoms with Crippen molar-refractivity contribution in [3.8, 4) is 5.75 Å². The molecule has 0 amide bonds. The normalized spacial score (nSPS) is 31.1. The van der Waals surface area contributed by atoms with E-state index in [1.54, 1.807) is 39.0 Å². The number of nitrogen functional groups attached to an aromatic ring is 1. The summed E-state index contributed by atoms with van der Waals surface area (Å²) in [5, 5.41) is -0.971. The van der Waals surface area contributed by atoms with E-state index in [1.807, 2.05) is 0 Å². The molecule has 0 radical (unpaired) electrons. The van der Waals surface area contributed by atoms with E-state index in [2.05, 4.69) is 4.99 Å². The summed E-state index contributed by atoms with van der Waals surface area (Å²) in [7, 11) is -3.65. The van der Waals surface area contributed by atoms with Crippen molar-refractivity contribution >= 4 is 21.2 Å². The van der Waals surface area contributed by atoms with Gasteiger partial charge in [0.2, 0.25) is 0 Å². The molecule has 0 fully saturated rings. The van der Waals surface area contributed by atoms with Gasteiger partial charge in [0.25, 0.3) is 0 Å². The molecule has 2 heterocycles. The molecule has 0 unspecified atom stereocenters. The third-order valence-electron chi connectivity index (χ3n) is 5.17. The van der Waals surface area contributed by atoms with Crippen LogP contribution in [0.15, 0.2) is 23.2 Å². The maximum absolute atomic E-state index is 14.3. The smallest absolute Gasteiger partial charge is 0.166 e. The number of nitrogens with two attached hydrogens (primary N) is 1. The van der Waals surface area contributed by atoms with Gasteiger partial charge in [-0.1, -0.05) is 0 Å². The first-order valence-electron chi connectivity index (χ1n) is 7.56. The first-order valence-corrected chi connectivity index (χ1v) is 9.10. The minimum atomic E-state index is -3.65. The summed E-state index contributed by atoms with van der Waals surface area (Å²) < 4.78 is 45.1. The molecule has 0 aliphatic carbocycles. The Kier molecular flexibility index (Phi) is 3.48. The maximum atomic E-state index is 14.3. The fourth-order valence-corrected chi connectivity index (χ4v) is 5.76. The van der Waals surface area contributed by atoms with Gasteiger partial charge in [-0.15, -0.1) is 0 Å². The van der Waals surface area contributed by atoms with Gasteiger partial charge in [-0.25, -0.2) is 12.8 Å². The molecular weight excluding hydrogens is 319 g/mol. The van der Waals surface area contributed by atoms with Crippen molar-refractivity contribution in [2.45, 2.75) is 42.7 Å². The number of aliphatic imine (C=N–C) groups is 1. The molecular formula is C16H21FN2O3S. The number of sulfone groups is 1. The van der Waals surface area contributed by atoms with Crippen LogP contribution in [-0.4, -0.2) is 37.4 Å². The quantitative estimate of drug-likeness (QED) is 0.795. The fraction of sp³-hybridized carbons (Fsp3) is 0.562. The Labute approximate surface area is 135 Å². The maximum Gasteiger partial charge on any atom is 0.166 e. The van der Waals surface area contributed by atoms with Gasteiger partial charge in [0.05, 0.1) is 11.9 Å². The minimum absolute atomic E-state index is 0.195. The SMILES string of the molecule is CC1=N[C@]2(CF)c3cc(N)ccc3OCC[C@@H]2S(=O)(=O)C1(C)C. The van der Waals surface area contributed by atoms with Crippen LogP contribution in [0.2, 0.25) is 0 Å². The van der Waals surface area contributed by atoms with Crippen LogP contribution in [0.5, 0.6) is 5.75 Å². The number of anilines is 1.